The predicted octanol–water partition coefficient (Wildman–Crippen LogP) is 1.22. The molecule has 1 fully saturated rings. The number of nitrogens with one attached hydrogen (secondary N) is 2. The molecular weight excluding hydrogens is 244 g/mol. The van der Waals surface area contributed by atoms with Gasteiger partial charge in [0.05, 0.1) is 7.11 Å². The van der Waals surface area contributed by atoms with Crippen molar-refractivity contribution >= 4 is 11.9 Å². The first-order valence-electron chi connectivity index (χ1n) is 6.95. The van der Waals surface area contributed by atoms with Crippen LogP contribution in [0.5, 0.6) is 0 Å². The molecule has 2 atom stereocenters. The second kappa shape index (κ2) is 6.89. The lowest BCUT2D eigenvalue weighted by atomic mass is 9.73. The molecule has 0 spiro atoms. The summed E-state index contributed by atoms with van der Waals surface area (Å²) in [5, 5.41) is 6.04. The number of amides is 1. The van der Waals surface area contributed by atoms with Crippen LogP contribution in [0.4, 0.5) is 0 Å². The zero-order valence-corrected chi connectivity index (χ0v) is 12.4. The monoisotopic (exact) mass is 270 g/mol. The maximum Gasteiger partial charge on any atom is 0.329 e. The van der Waals surface area contributed by atoms with Crippen molar-refractivity contribution in [2.75, 3.05) is 13.7 Å². The summed E-state index contributed by atoms with van der Waals surface area (Å²) in [6, 6.07) is -0.234. The quantitative estimate of drug-likeness (QED) is 0.737. The average Bonchev–Trinajstić information content (AvgIpc) is 2.34. The molecule has 5 nitrogen and oxygen atoms in total. The number of hydrogen-bond acceptors (Lipinski definition) is 4. The molecule has 0 radical (unpaired) electrons. The predicted molar refractivity (Wildman–Crippen MR) is 73.7 cm³/mol. The third kappa shape index (κ3) is 4.82. The van der Waals surface area contributed by atoms with E-state index in [1.807, 2.05) is 0 Å². The Hall–Kier alpha value is -1.10. The second-order valence-corrected chi connectivity index (χ2v) is 5.97. The van der Waals surface area contributed by atoms with E-state index in [4.69, 9.17) is 4.74 Å². The molecule has 0 bridgehead atoms. The highest BCUT2D eigenvalue weighted by atomic mass is 16.5. The minimum absolute atomic E-state index is 0.222. The maximum absolute atomic E-state index is 11.6. The van der Waals surface area contributed by atoms with Crippen LogP contribution in [0.1, 0.15) is 46.5 Å². The van der Waals surface area contributed by atoms with Gasteiger partial charge in [-0.2, -0.15) is 0 Å². The molecule has 5 heteroatoms. The molecule has 0 heterocycles. The largest absolute Gasteiger partial charge is 0.467 e. The Labute approximate surface area is 115 Å². The molecular formula is C14H26N2O3. The van der Waals surface area contributed by atoms with Crippen LogP contribution in [0, 0.1) is 5.41 Å². The first-order chi connectivity index (χ1) is 8.86. The summed E-state index contributed by atoms with van der Waals surface area (Å²) in [5.41, 5.74) is 0.231. The van der Waals surface area contributed by atoms with Crippen molar-refractivity contribution in [1.82, 2.24) is 10.6 Å². The summed E-state index contributed by atoms with van der Waals surface area (Å²) < 4.78 is 4.71. The van der Waals surface area contributed by atoms with Gasteiger partial charge in [-0.3, -0.25) is 4.79 Å². The van der Waals surface area contributed by atoms with Crippen molar-refractivity contribution < 1.29 is 14.3 Å². The Morgan fingerprint density at radius 2 is 2.05 bits per heavy atom. The standard InChI is InChI=1S/C14H26N2O3/c1-10(17)16-11(13(18)19-4)9-15-12-7-5-6-8-14(12,2)3/h11-12,15H,5-9H2,1-4H3,(H,16,17). The second-order valence-electron chi connectivity index (χ2n) is 5.97. The molecule has 0 aromatic carbocycles. The number of carbonyl (C=O) groups excluding carboxylic acids is 2. The smallest absolute Gasteiger partial charge is 0.329 e. The summed E-state index contributed by atoms with van der Waals surface area (Å²) in [4.78, 5) is 22.7. The highest BCUT2D eigenvalue weighted by Crippen LogP contribution is 2.35. The number of hydrogen-bond donors (Lipinski definition) is 2. The van der Waals surface area contributed by atoms with Crippen molar-refractivity contribution in [3.05, 3.63) is 0 Å². The first-order valence-corrected chi connectivity index (χ1v) is 6.95. The third-order valence-corrected chi connectivity index (χ3v) is 3.94. The molecule has 1 amide bonds. The van der Waals surface area contributed by atoms with Gasteiger partial charge in [0.1, 0.15) is 6.04 Å². The minimum atomic E-state index is -0.611. The first kappa shape index (κ1) is 16.0. The van der Waals surface area contributed by atoms with E-state index in [2.05, 4.69) is 24.5 Å². The Morgan fingerprint density at radius 3 is 2.58 bits per heavy atom. The van der Waals surface area contributed by atoms with E-state index < -0.39 is 12.0 Å². The Kier molecular flexibility index (Phi) is 5.79. The van der Waals surface area contributed by atoms with Crippen LogP contribution < -0.4 is 10.6 Å². The molecule has 1 saturated carbocycles. The molecule has 2 unspecified atom stereocenters. The van der Waals surface area contributed by atoms with Gasteiger partial charge in [0.2, 0.25) is 5.91 Å². The molecule has 1 aliphatic rings. The van der Waals surface area contributed by atoms with Crippen molar-refractivity contribution in [2.24, 2.45) is 5.41 Å². The van der Waals surface area contributed by atoms with Crippen LogP contribution in [0.15, 0.2) is 0 Å². The van der Waals surface area contributed by atoms with Gasteiger partial charge in [-0.25, -0.2) is 4.79 Å². The normalized spacial score (nSPS) is 23.5. The van der Waals surface area contributed by atoms with Crippen LogP contribution in [0.2, 0.25) is 0 Å². The lowest BCUT2D eigenvalue weighted by Crippen LogP contribution is -2.52. The van der Waals surface area contributed by atoms with Gasteiger partial charge >= 0.3 is 5.97 Å². The van der Waals surface area contributed by atoms with Crippen LogP contribution in [-0.4, -0.2) is 37.6 Å². The molecule has 0 saturated heterocycles. The molecule has 110 valence electrons. The van der Waals surface area contributed by atoms with E-state index >= 15 is 0 Å². The Bertz CT molecular complexity index is 329. The summed E-state index contributed by atoms with van der Waals surface area (Å²) in [5.74, 6) is -0.628. The highest BCUT2D eigenvalue weighted by molar-refractivity contribution is 5.83. The van der Waals surface area contributed by atoms with Crippen molar-refractivity contribution in [1.29, 1.82) is 0 Å². The highest BCUT2D eigenvalue weighted by Gasteiger charge is 2.33. The number of methoxy groups -OCH3 is 1. The van der Waals surface area contributed by atoms with Crippen LogP contribution in [0.25, 0.3) is 0 Å². The lowest BCUT2D eigenvalue weighted by Gasteiger charge is -2.39. The third-order valence-electron chi connectivity index (χ3n) is 3.94. The summed E-state index contributed by atoms with van der Waals surface area (Å²) in [7, 11) is 1.34. The number of rotatable bonds is 5. The van der Waals surface area contributed by atoms with Gasteiger partial charge in [0.25, 0.3) is 0 Å². The van der Waals surface area contributed by atoms with Crippen molar-refractivity contribution in [3.63, 3.8) is 0 Å². The molecule has 0 aromatic heterocycles. The van der Waals surface area contributed by atoms with E-state index in [0.29, 0.717) is 12.6 Å². The molecule has 0 aliphatic heterocycles. The fraction of sp³-hybridized carbons (Fsp3) is 0.857. The number of ether oxygens (including phenoxy) is 1. The minimum Gasteiger partial charge on any atom is -0.467 e. The van der Waals surface area contributed by atoms with Gasteiger partial charge in [-0.05, 0) is 18.3 Å². The number of carbonyl (C=O) groups is 2. The van der Waals surface area contributed by atoms with Gasteiger partial charge < -0.3 is 15.4 Å². The summed E-state index contributed by atoms with van der Waals surface area (Å²) >= 11 is 0. The van der Waals surface area contributed by atoms with E-state index in [9.17, 15) is 9.59 Å². The van der Waals surface area contributed by atoms with Gasteiger partial charge in [0.15, 0.2) is 0 Å². The van der Waals surface area contributed by atoms with Gasteiger partial charge in [-0.1, -0.05) is 26.7 Å². The topological polar surface area (TPSA) is 67.4 Å². The van der Waals surface area contributed by atoms with E-state index in [1.165, 1.54) is 33.3 Å². The van der Waals surface area contributed by atoms with Crippen LogP contribution >= 0.6 is 0 Å². The summed E-state index contributed by atoms with van der Waals surface area (Å²) in [6.45, 7) is 6.31. The molecule has 1 aliphatic carbocycles. The fourth-order valence-corrected chi connectivity index (χ4v) is 2.71. The van der Waals surface area contributed by atoms with Crippen molar-refractivity contribution in [2.45, 2.75) is 58.5 Å². The molecule has 0 aromatic rings. The SMILES string of the molecule is COC(=O)C(CNC1CCCCC1(C)C)NC(C)=O. The van der Waals surface area contributed by atoms with E-state index in [1.54, 1.807) is 0 Å². The fourth-order valence-electron chi connectivity index (χ4n) is 2.71. The van der Waals surface area contributed by atoms with E-state index in [-0.39, 0.29) is 11.3 Å². The zero-order valence-electron chi connectivity index (χ0n) is 12.4. The Balaban J connectivity index is 2.55. The maximum atomic E-state index is 11.6. The molecule has 1 rings (SSSR count). The number of esters is 1. The molecule has 19 heavy (non-hydrogen) atoms. The average molecular weight is 270 g/mol. The van der Waals surface area contributed by atoms with Gasteiger partial charge in [0, 0.05) is 19.5 Å². The van der Waals surface area contributed by atoms with Gasteiger partial charge in [-0.15, -0.1) is 0 Å². The Morgan fingerprint density at radius 1 is 1.37 bits per heavy atom. The summed E-state index contributed by atoms with van der Waals surface area (Å²) in [6.07, 6.45) is 4.77. The zero-order chi connectivity index (χ0) is 14.5. The lowest BCUT2D eigenvalue weighted by molar-refractivity contribution is -0.144. The van der Waals surface area contributed by atoms with Crippen LogP contribution in [-0.2, 0) is 14.3 Å². The van der Waals surface area contributed by atoms with E-state index in [0.717, 1.165) is 6.42 Å². The van der Waals surface area contributed by atoms with Crippen molar-refractivity contribution in [3.8, 4) is 0 Å². The molecule has 2 N–H and O–H groups in total. The van der Waals surface area contributed by atoms with Crippen LogP contribution in [0.3, 0.4) is 0 Å².